The first-order chi connectivity index (χ1) is 9.73. The Morgan fingerprint density at radius 1 is 1.05 bits per heavy atom. The Balaban J connectivity index is 3.12. The summed E-state index contributed by atoms with van der Waals surface area (Å²) in [5, 5.41) is 9.52. The molecule has 0 bridgehead atoms. The van der Waals surface area contributed by atoms with Gasteiger partial charge in [0, 0.05) is 5.57 Å². The fourth-order valence-corrected chi connectivity index (χ4v) is 2.25. The topological polar surface area (TPSA) is 37.3 Å². The molecule has 0 aromatic heterocycles. The lowest BCUT2D eigenvalue weighted by Gasteiger charge is -2.18. The summed E-state index contributed by atoms with van der Waals surface area (Å²) in [5.74, 6) is 0.535. The van der Waals surface area contributed by atoms with Gasteiger partial charge in [0.1, 0.15) is 0 Å². The van der Waals surface area contributed by atoms with E-state index in [1.807, 2.05) is 19.1 Å². The fraction of sp³-hybridized carbons (Fsp3) is 0.526. The SMILES string of the molecule is CC(=C(CC(C)C(C)C)C(=O)O)c1ccc(C(C)C)cc1. The Bertz CT molecular complexity index is 507. The molecule has 1 N–H and O–H groups in total. The number of rotatable bonds is 6. The Hall–Kier alpha value is -1.57. The van der Waals surface area contributed by atoms with Crippen LogP contribution in [-0.4, -0.2) is 11.1 Å². The highest BCUT2D eigenvalue weighted by atomic mass is 16.4. The number of hydrogen-bond acceptors (Lipinski definition) is 1. The predicted molar refractivity (Wildman–Crippen MR) is 89.4 cm³/mol. The molecule has 2 nitrogen and oxygen atoms in total. The van der Waals surface area contributed by atoms with E-state index in [0.29, 0.717) is 29.7 Å². The molecular formula is C19H28O2. The van der Waals surface area contributed by atoms with Crippen LogP contribution in [0.2, 0.25) is 0 Å². The lowest BCUT2D eigenvalue weighted by Crippen LogP contribution is -2.11. The summed E-state index contributed by atoms with van der Waals surface area (Å²) in [6.07, 6.45) is 0.616. The van der Waals surface area contributed by atoms with Crippen molar-refractivity contribution >= 4 is 11.5 Å². The third-order valence-electron chi connectivity index (χ3n) is 4.39. The zero-order valence-corrected chi connectivity index (χ0v) is 14.1. The first-order valence-corrected chi connectivity index (χ1v) is 7.77. The lowest BCUT2D eigenvalue weighted by atomic mass is 9.87. The molecule has 2 heteroatoms. The lowest BCUT2D eigenvalue weighted by molar-refractivity contribution is -0.132. The van der Waals surface area contributed by atoms with Crippen LogP contribution in [0.25, 0.3) is 5.57 Å². The highest BCUT2D eigenvalue weighted by Gasteiger charge is 2.18. The summed E-state index contributed by atoms with van der Waals surface area (Å²) in [5.41, 5.74) is 3.70. The van der Waals surface area contributed by atoms with Crippen molar-refractivity contribution in [2.75, 3.05) is 0 Å². The third kappa shape index (κ3) is 4.73. The molecular weight excluding hydrogens is 260 g/mol. The van der Waals surface area contributed by atoms with Crippen molar-refractivity contribution in [1.29, 1.82) is 0 Å². The maximum Gasteiger partial charge on any atom is 0.331 e. The Kier molecular flexibility index (Phi) is 6.19. The standard InChI is InChI=1S/C19H28O2/c1-12(2)14(5)11-18(19(20)21)15(6)17-9-7-16(8-10-17)13(3)4/h7-10,12-14H,11H2,1-6H3,(H,20,21). The molecule has 116 valence electrons. The van der Waals surface area contributed by atoms with Crippen molar-refractivity contribution in [3.05, 3.63) is 41.0 Å². The number of allylic oxidation sites excluding steroid dienone is 1. The summed E-state index contributed by atoms with van der Waals surface area (Å²) in [6.45, 7) is 12.6. The van der Waals surface area contributed by atoms with Crippen LogP contribution in [0.4, 0.5) is 0 Å². The van der Waals surface area contributed by atoms with Crippen LogP contribution in [0.1, 0.15) is 65.0 Å². The highest BCUT2D eigenvalue weighted by molar-refractivity contribution is 5.96. The van der Waals surface area contributed by atoms with Crippen LogP contribution in [0.3, 0.4) is 0 Å². The van der Waals surface area contributed by atoms with Crippen LogP contribution >= 0.6 is 0 Å². The summed E-state index contributed by atoms with van der Waals surface area (Å²) >= 11 is 0. The van der Waals surface area contributed by atoms with Crippen molar-refractivity contribution in [2.24, 2.45) is 11.8 Å². The Morgan fingerprint density at radius 2 is 1.57 bits per heavy atom. The molecule has 1 unspecified atom stereocenters. The third-order valence-corrected chi connectivity index (χ3v) is 4.39. The van der Waals surface area contributed by atoms with Gasteiger partial charge in [0.05, 0.1) is 0 Å². The van der Waals surface area contributed by atoms with Gasteiger partial charge in [-0.05, 0) is 47.8 Å². The molecule has 1 aromatic rings. The zero-order chi connectivity index (χ0) is 16.2. The van der Waals surface area contributed by atoms with Gasteiger partial charge < -0.3 is 5.11 Å². The maximum atomic E-state index is 11.6. The van der Waals surface area contributed by atoms with Crippen molar-refractivity contribution in [2.45, 2.75) is 53.9 Å². The summed E-state index contributed by atoms with van der Waals surface area (Å²) in [6, 6.07) is 8.25. The number of carboxylic acid groups (broad SMARTS) is 1. The van der Waals surface area contributed by atoms with Gasteiger partial charge >= 0.3 is 5.97 Å². The van der Waals surface area contributed by atoms with E-state index in [0.717, 1.165) is 11.1 Å². The number of carbonyl (C=O) groups is 1. The number of benzene rings is 1. The molecule has 0 aliphatic heterocycles. The van der Waals surface area contributed by atoms with Gasteiger partial charge in [-0.3, -0.25) is 0 Å². The molecule has 1 atom stereocenters. The van der Waals surface area contributed by atoms with Crippen LogP contribution in [0, 0.1) is 11.8 Å². The molecule has 0 saturated heterocycles. The van der Waals surface area contributed by atoms with Gasteiger partial charge in [0.15, 0.2) is 0 Å². The molecule has 0 aliphatic carbocycles. The van der Waals surface area contributed by atoms with Crippen LogP contribution in [0.15, 0.2) is 29.8 Å². The minimum absolute atomic E-state index is 0.362. The van der Waals surface area contributed by atoms with E-state index in [2.05, 4.69) is 46.8 Å². The van der Waals surface area contributed by atoms with Gasteiger partial charge in [-0.2, -0.15) is 0 Å². The van der Waals surface area contributed by atoms with E-state index in [1.165, 1.54) is 5.56 Å². The molecule has 1 aromatic carbocycles. The molecule has 1 rings (SSSR count). The fourth-order valence-electron chi connectivity index (χ4n) is 2.25. The van der Waals surface area contributed by atoms with Crippen molar-refractivity contribution in [1.82, 2.24) is 0 Å². The molecule has 0 saturated carbocycles. The van der Waals surface area contributed by atoms with Gasteiger partial charge in [0.25, 0.3) is 0 Å². The molecule has 0 aliphatic rings. The summed E-state index contributed by atoms with van der Waals surface area (Å²) < 4.78 is 0. The predicted octanol–water partition coefficient (Wildman–Crippen LogP) is 5.35. The van der Waals surface area contributed by atoms with E-state index in [4.69, 9.17) is 0 Å². The van der Waals surface area contributed by atoms with Gasteiger partial charge in [0.2, 0.25) is 0 Å². The quantitative estimate of drug-likeness (QED) is 0.716. The first kappa shape index (κ1) is 17.5. The first-order valence-electron chi connectivity index (χ1n) is 7.77. The van der Waals surface area contributed by atoms with Crippen LogP contribution in [0.5, 0.6) is 0 Å². The molecule has 21 heavy (non-hydrogen) atoms. The molecule has 0 spiro atoms. The number of carboxylic acids is 1. The van der Waals surface area contributed by atoms with E-state index in [1.54, 1.807) is 0 Å². The second kappa shape index (κ2) is 7.44. The van der Waals surface area contributed by atoms with Crippen molar-refractivity contribution in [3.8, 4) is 0 Å². The van der Waals surface area contributed by atoms with Crippen molar-refractivity contribution in [3.63, 3.8) is 0 Å². The monoisotopic (exact) mass is 288 g/mol. The number of hydrogen-bond donors (Lipinski definition) is 1. The minimum Gasteiger partial charge on any atom is -0.478 e. The average Bonchev–Trinajstić information content (AvgIpc) is 2.43. The average molecular weight is 288 g/mol. The van der Waals surface area contributed by atoms with Gasteiger partial charge in [-0.25, -0.2) is 4.79 Å². The van der Waals surface area contributed by atoms with E-state index >= 15 is 0 Å². The summed E-state index contributed by atoms with van der Waals surface area (Å²) in [7, 11) is 0. The van der Waals surface area contributed by atoms with Gasteiger partial charge in [-0.15, -0.1) is 0 Å². The maximum absolute atomic E-state index is 11.6. The number of aliphatic carboxylic acids is 1. The van der Waals surface area contributed by atoms with Crippen LogP contribution in [-0.2, 0) is 4.79 Å². The second-order valence-electron chi connectivity index (χ2n) is 6.61. The molecule has 0 fully saturated rings. The molecule has 0 radical (unpaired) electrons. The van der Waals surface area contributed by atoms with E-state index in [-0.39, 0.29) is 0 Å². The largest absolute Gasteiger partial charge is 0.478 e. The molecule has 0 amide bonds. The zero-order valence-electron chi connectivity index (χ0n) is 14.1. The van der Waals surface area contributed by atoms with Gasteiger partial charge in [-0.1, -0.05) is 58.9 Å². The Labute approximate surface area is 128 Å². The minimum atomic E-state index is -0.798. The van der Waals surface area contributed by atoms with Crippen LogP contribution < -0.4 is 0 Å². The second-order valence-corrected chi connectivity index (χ2v) is 6.61. The van der Waals surface area contributed by atoms with Crippen molar-refractivity contribution < 1.29 is 9.90 Å². The molecule has 0 heterocycles. The highest BCUT2D eigenvalue weighted by Crippen LogP contribution is 2.27. The smallest absolute Gasteiger partial charge is 0.331 e. The normalized spacial score (nSPS) is 14.3. The summed E-state index contributed by atoms with van der Waals surface area (Å²) in [4.78, 5) is 11.6. The Morgan fingerprint density at radius 3 is 1.95 bits per heavy atom. The van der Waals surface area contributed by atoms with E-state index in [9.17, 15) is 9.90 Å². The van der Waals surface area contributed by atoms with E-state index < -0.39 is 5.97 Å².